The smallest absolute Gasteiger partial charge is 0.256 e. The van der Waals surface area contributed by atoms with Crippen LogP contribution in [-0.4, -0.2) is 53.8 Å². The van der Waals surface area contributed by atoms with Crippen LogP contribution in [-0.2, 0) is 4.79 Å². The van der Waals surface area contributed by atoms with E-state index in [4.69, 9.17) is 0 Å². The maximum absolute atomic E-state index is 13.0. The minimum absolute atomic E-state index is 0.138. The summed E-state index contributed by atoms with van der Waals surface area (Å²) < 4.78 is 0. The highest BCUT2D eigenvalue weighted by atomic mass is 16.2. The summed E-state index contributed by atoms with van der Waals surface area (Å²) in [5.74, 6) is -0.610. The number of hydrogen-bond donors (Lipinski definition) is 4. The molecule has 4 N–H and O–H groups in total. The number of aromatic amines is 1. The Morgan fingerprint density at radius 2 is 1.74 bits per heavy atom. The largest absolute Gasteiger partial charge is 0.358 e. The number of likely N-dealkylation sites (N-methyl/N-ethyl adjacent to an activating group) is 1. The van der Waals surface area contributed by atoms with Gasteiger partial charge in [-0.2, -0.15) is 0 Å². The molecule has 3 amide bonds. The molecule has 0 bridgehead atoms. The number of carbonyl (C=O) groups is 3. The number of benzene rings is 2. The molecule has 0 saturated heterocycles. The molecule has 1 aliphatic heterocycles. The van der Waals surface area contributed by atoms with Crippen LogP contribution in [0.3, 0.4) is 0 Å². The van der Waals surface area contributed by atoms with E-state index in [9.17, 15) is 14.4 Å². The van der Waals surface area contributed by atoms with E-state index in [1.54, 1.807) is 24.3 Å². The third-order valence-corrected chi connectivity index (χ3v) is 7.31. The van der Waals surface area contributed by atoms with Gasteiger partial charge in [-0.3, -0.25) is 14.4 Å². The number of fused-ring (bicyclic) bond motifs is 1. The van der Waals surface area contributed by atoms with Gasteiger partial charge in [0.15, 0.2) is 0 Å². The molecular weight excluding hydrogens is 490 g/mol. The number of anilines is 1. The van der Waals surface area contributed by atoms with Gasteiger partial charge in [0.1, 0.15) is 0 Å². The van der Waals surface area contributed by atoms with E-state index in [0.717, 1.165) is 36.5 Å². The standard InChI is InChI=1S/C31H37N5O3/c1-6-36(7-2)16-15-32-31(39)28-19(3)27(33-21(28)5)18-25-24-17-23(13-14-26(24)35-30(25)38)29(37)34-20(4)22-11-9-8-10-12-22/h8-14,17-18,20,33H,6-7,15-16H2,1-5H3,(H,32,39)(H,34,37)(H,35,38)/b25-18-/t20-/m1/s1. The van der Waals surface area contributed by atoms with E-state index >= 15 is 0 Å². The summed E-state index contributed by atoms with van der Waals surface area (Å²) in [6.07, 6.45) is 1.75. The van der Waals surface area contributed by atoms with Crippen molar-refractivity contribution in [3.05, 3.63) is 87.7 Å². The summed E-state index contributed by atoms with van der Waals surface area (Å²) in [6.45, 7) is 13.1. The van der Waals surface area contributed by atoms with Crippen LogP contribution in [0.5, 0.6) is 0 Å². The van der Waals surface area contributed by atoms with Crippen molar-refractivity contribution in [2.75, 3.05) is 31.5 Å². The fourth-order valence-electron chi connectivity index (χ4n) is 4.94. The SMILES string of the molecule is CCN(CC)CCNC(=O)c1c(C)[nH]c(/C=C2\C(=O)Nc3ccc(C(=O)N[C@H](C)c4ccccc4)cc32)c1C. The van der Waals surface area contributed by atoms with Crippen molar-refractivity contribution in [1.29, 1.82) is 0 Å². The molecule has 3 aromatic rings. The van der Waals surface area contributed by atoms with Crippen molar-refractivity contribution in [2.45, 2.75) is 40.7 Å². The first kappa shape index (κ1) is 27.9. The predicted molar refractivity (Wildman–Crippen MR) is 156 cm³/mol. The van der Waals surface area contributed by atoms with Crippen LogP contribution in [0.2, 0.25) is 0 Å². The number of nitrogens with zero attached hydrogens (tertiary/aromatic N) is 1. The van der Waals surface area contributed by atoms with Crippen LogP contribution in [0.15, 0.2) is 48.5 Å². The Morgan fingerprint density at radius 1 is 1.03 bits per heavy atom. The molecule has 8 nitrogen and oxygen atoms in total. The lowest BCUT2D eigenvalue weighted by Gasteiger charge is -2.18. The summed E-state index contributed by atoms with van der Waals surface area (Å²) in [5.41, 5.74) is 5.99. The van der Waals surface area contributed by atoms with Crippen LogP contribution in [0.4, 0.5) is 5.69 Å². The average molecular weight is 528 g/mol. The summed E-state index contributed by atoms with van der Waals surface area (Å²) in [4.78, 5) is 44.4. The van der Waals surface area contributed by atoms with E-state index < -0.39 is 0 Å². The van der Waals surface area contributed by atoms with E-state index in [1.807, 2.05) is 51.1 Å². The number of rotatable bonds is 10. The Kier molecular flexibility index (Phi) is 8.66. The highest BCUT2D eigenvalue weighted by molar-refractivity contribution is 6.35. The van der Waals surface area contributed by atoms with Crippen LogP contribution < -0.4 is 16.0 Å². The summed E-state index contributed by atoms with van der Waals surface area (Å²) in [7, 11) is 0. The van der Waals surface area contributed by atoms with Gasteiger partial charge in [0.25, 0.3) is 17.7 Å². The van der Waals surface area contributed by atoms with Gasteiger partial charge in [-0.1, -0.05) is 44.2 Å². The fraction of sp³-hybridized carbons (Fsp3) is 0.323. The number of nitrogens with one attached hydrogen (secondary N) is 4. The molecule has 1 aliphatic rings. The van der Waals surface area contributed by atoms with Gasteiger partial charge in [-0.25, -0.2) is 0 Å². The topological polar surface area (TPSA) is 106 Å². The first-order valence-corrected chi connectivity index (χ1v) is 13.5. The van der Waals surface area contributed by atoms with Crippen molar-refractivity contribution < 1.29 is 14.4 Å². The summed E-state index contributed by atoms with van der Waals surface area (Å²) in [6, 6.07) is 14.8. The molecule has 39 heavy (non-hydrogen) atoms. The Morgan fingerprint density at radius 3 is 2.44 bits per heavy atom. The molecule has 204 valence electrons. The molecule has 2 aromatic carbocycles. The zero-order chi connectivity index (χ0) is 28.1. The molecule has 1 aromatic heterocycles. The van der Waals surface area contributed by atoms with Crippen LogP contribution >= 0.6 is 0 Å². The van der Waals surface area contributed by atoms with Gasteiger partial charge < -0.3 is 25.8 Å². The Labute approximate surface area is 229 Å². The van der Waals surface area contributed by atoms with Gasteiger partial charge in [-0.05, 0) is 69.3 Å². The van der Waals surface area contributed by atoms with E-state index in [0.29, 0.717) is 40.2 Å². The van der Waals surface area contributed by atoms with Crippen molar-refractivity contribution in [1.82, 2.24) is 20.5 Å². The zero-order valence-corrected chi connectivity index (χ0v) is 23.3. The molecule has 8 heteroatoms. The molecule has 0 saturated carbocycles. The third kappa shape index (κ3) is 6.12. The molecule has 2 heterocycles. The minimum atomic E-state index is -0.253. The molecule has 0 aliphatic carbocycles. The van der Waals surface area contributed by atoms with E-state index in [1.165, 1.54) is 0 Å². The monoisotopic (exact) mass is 527 g/mol. The second-order valence-electron chi connectivity index (χ2n) is 9.82. The molecule has 0 fully saturated rings. The second kappa shape index (κ2) is 12.1. The van der Waals surface area contributed by atoms with Gasteiger partial charge in [0.2, 0.25) is 0 Å². The lowest BCUT2D eigenvalue weighted by atomic mass is 10.0. The zero-order valence-electron chi connectivity index (χ0n) is 23.3. The van der Waals surface area contributed by atoms with Crippen LogP contribution in [0.25, 0.3) is 11.6 Å². The molecule has 1 atom stereocenters. The third-order valence-electron chi connectivity index (χ3n) is 7.31. The lowest BCUT2D eigenvalue weighted by Crippen LogP contribution is -2.35. The first-order valence-electron chi connectivity index (χ1n) is 13.5. The average Bonchev–Trinajstić information content (AvgIpc) is 3.40. The quantitative estimate of drug-likeness (QED) is 0.287. The molecule has 0 unspecified atom stereocenters. The summed E-state index contributed by atoms with van der Waals surface area (Å²) in [5, 5.41) is 8.92. The number of aromatic nitrogens is 1. The highest BCUT2D eigenvalue weighted by Crippen LogP contribution is 2.35. The normalized spacial score (nSPS) is 14.3. The van der Waals surface area contributed by atoms with Crippen LogP contribution in [0.1, 0.15) is 75.6 Å². The van der Waals surface area contributed by atoms with Gasteiger partial charge in [0.05, 0.1) is 17.2 Å². The maximum Gasteiger partial charge on any atom is 0.256 e. The number of carbonyl (C=O) groups excluding carboxylic acids is 3. The molecule has 0 radical (unpaired) electrons. The maximum atomic E-state index is 13.0. The minimum Gasteiger partial charge on any atom is -0.358 e. The van der Waals surface area contributed by atoms with Crippen molar-refractivity contribution in [3.63, 3.8) is 0 Å². The fourth-order valence-corrected chi connectivity index (χ4v) is 4.94. The Bertz CT molecular complexity index is 1400. The number of H-pyrrole nitrogens is 1. The van der Waals surface area contributed by atoms with E-state index in [-0.39, 0.29) is 23.8 Å². The van der Waals surface area contributed by atoms with Gasteiger partial charge >= 0.3 is 0 Å². The first-order chi connectivity index (χ1) is 18.7. The Hall–Kier alpha value is -4.17. The number of hydrogen-bond acceptors (Lipinski definition) is 4. The second-order valence-corrected chi connectivity index (χ2v) is 9.82. The van der Waals surface area contributed by atoms with Gasteiger partial charge in [-0.15, -0.1) is 0 Å². The van der Waals surface area contributed by atoms with Crippen molar-refractivity contribution in [2.24, 2.45) is 0 Å². The predicted octanol–water partition coefficient (Wildman–Crippen LogP) is 4.69. The molecule has 4 rings (SSSR count). The van der Waals surface area contributed by atoms with Crippen LogP contribution in [0, 0.1) is 13.8 Å². The van der Waals surface area contributed by atoms with Gasteiger partial charge in [0, 0.05) is 41.3 Å². The highest BCUT2D eigenvalue weighted by Gasteiger charge is 2.27. The van der Waals surface area contributed by atoms with Crippen molar-refractivity contribution >= 4 is 35.1 Å². The Balaban J connectivity index is 1.55. The number of amides is 3. The number of aryl methyl sites for hydroxylation is 1. The molecule has 0 spiro atoms. The summed E-state index contributed by atoms with van der Waals surface area (Å²) >= 11 is 0. The van der Waals surface area contributed by atoms with E-state index in [2.05, 4.69) is 39.7 Å². The van der Waals surface area contributed by atoms with Crippen molar-refractivity contribution in [3.8, 4) is 0 Å². The molecular formula is C31H37N5O3. The lowest BCUT2D eigenvalue weighted by molar-refractivity contribution is -0.110.